The number of carbonyl (C=O) groups is 2. The maximum Gasteiger partial charge on any atom is 0.251 e. The van der Waals surface area contributed by atoms with E-state index in [1.165, 1.54) is 0 Å². The van der Waals surface area contributed by atoms with E-state index in [2.05, 4.69) is 16.5 Å². The van der Waals surface area contributed by atoms with Gasteiger partial charge in [-0.25, -0.2) is 4.98 Å². The number of nitrogens with one attached hydrogen (secondary N) is 1. The monoisotopic (exact) mass is 415 g/mol. The van der Waals surface area contributed by atoms with Crippen molar-refractivity contribution in [1.82, 2.24) is 20.1 Å². The second-order valence-electron chi connectivity index (χ2n) is 8.31. The lowest BCUT2D eigenvalue weighted by Gasteiger charge is -2.29. The van der Waals surface area contributed by atoms with Crippen LogP contribution in [0.3, 0.4) is 0 Å². The molecular formula is C24H25N5O2. The normalized spacial score (nSPS) is 15.5. The summed E-state index contributed by atoms with van der Waals surface area (Å²) in [4.78, 5) is 31.8. The minimum absolute atomic E-state index is 0.0413. The predicted molar refractivity (Wildman–Crippen MR) is 118 cm³/mol. The fourth-order valence-corrected chi connectivity index (χ4v) is 4.50. The zero-order valence-electron chi connectivity index (χ0n) is 18.0. The van der Waals surface area contributed by atoms with Gasteiger partial charge in [-0.1, -0.05) is 18.2 Å². The molecule has 0 atom stereocenters. The molecule has 1 aromatic carbocycles. The average Bonchev–Trinajstić information content (AvgIpc) is 3.01. The molecule has 0 bridgehead atoms. The summed E-state index contributed by atoms with van der Waals surface area (Å²) in [6.45, 7) is 5.12. The fraction of sp³-hybridized carbons (Fsp3) is 0.333. The summed E-state index contributed by atoms with van der Waals surface area (Å²) < 4.78 is 1.85. The Morgan fingerprint density at radius 3 is 2.61 bits per heavy atom. The van der Waals surface area contributed by atoms with E-state index in [0.29, 0.717) is 37.3 Å². The first-order valence-corrected chi connectivity index (χ1v) is 10.6. The van der Waals surface area contributed by atoms with Gasteiger partial charge in [-0.15, -0.1) is 0 Å². The Labute approximate surface area is 181 Å². The van der Waals surface area contributed by atoms with Gasteiger partial charge < -0.3 is 5.32 Å². The maximum atomic E-state index is 12.9. The molecule has 0 spiro atoms. The van der Waals surface area contributed by atoms with Gasteiger partial charge in [0, 0.05) is 42.4 Å². The molecule has 4 heterocycles. The highest BCUT2D eigenvalue weighted by Gasteiger charge is 2.28. The molecule has 0 fully saturated rings. The van der Waals surface area contributed by atoms with Gasteiger partial charge in [0.15, 0.2) is 0 Å². The summed E-state index contributed by atoms with van der Waals surface area (Å²) in [5.41, 5.74) is 7.51. The molecule has 2 aliphatic rings. The Bertz CT molecular complexity index is 1230. The van der Waals surface area contributed by atoms with Gasteiger partial charge in [-0.3, -0.25) is 19.2 Å². The van der Waals surface area contributed by atoms with E-state index >= 15 is 0 Å². The van der Waals surface area contributed by atoms with Gasteiger partial charge in [-0.2, -0.15) is 5.10 Å². The quantitative estimate of drug-likeness (QED) is 0.713. The molecule has 0 aliphatic carbocycles. The van der Waals surface area contributed by atoms with Crippen molar-refractivity contribution >= 4 is 17.6 Å². The largest absolute Gasteiger partial charge is 0.352 e. The Morgan fingerprint density at radius 2 is 1.84 bits per heavy atom. The lowest BCUT2D eigenvalue weighted by atomic mass is 9.96. The van der Waals surface area contributed by atoms with Crippen molar-refractivity contribution in [3.63, 3.8) is 0 Å². The smallest absolute Gasteiger partial charge is 0.251 e. The summed E-state index contributed by atoms with van der Waals surface area (Å²) in [5.74, 6) is 0.739. The number of nitrogens with zero attached hydrogens (tertiary/aromatic N) is 4. The summed E-state index contributed by atoms with van der Waals surface area (Å²) in [6, 6.07) is 9.96. The van der Waals surface area contributed by atoms with E-state index in [1.807, 2.05) is 49.8 Å². The highest BCUT2D eigenvalue weighted by molar-refractivity contribution is 5.98. The van der Waals surface area contributed by atoms with Crippen LogP contribution in [-0.4, -0.2) is 33.1 Å². The second-order valence-corrected chi connectivity index (χ2v) is 8.31. The van der Waals surface area contributed by atoms with E-state index < -0.39 is 0 Å². The van der Waals surface area contributed by atoms with E-state index in [9.17, 15) is 9.59 Å². The van der Waals surface area contributed by atoms with Crippen LogP contribution in [0.5, 0.6) is 0 Å². The highest BCUT2D eigenvalue weighted by atomic mass is 16.2. The van der Waals surface area contributed by atoms with Gasteiger partial charge in [0.2, 0.25) is 5.91 Å². The summed E-state index contributed by atoms with van der Waals surface area (Å²) in [7, 11) is 1.92. The number of hydrogen-bond acceptors (Lipinski definition) is 4. The topological polar surface area (TPSA) is 80.1 Å². The molecule has 0 unspecified atom stereocenters. The second kappa shape index (κ2) is 7.34. The third kappa shape index (κ3) is 3.30. The van der Waals surface area contributed by atoms with Crippen LogP contribution in [0.25, 0.3) is 11.3 Å². The maximum absolute atomic E-state index is 12.9. The molecule has 5 rings (SSSR count). The standard InChI is InChI=1S/C24H25N5O2/c1-14-20(15(2)28(3)27-14)13-29-22(30)9-7-17-6-8-21(26-23(17)29)18-5-4-16-10-11-25-24(31)19(16)12-18/h4-6,8,12H,7,9-11,13H2,1-3H3,(H,25,31). The molecule has 7 nitrogen and oxygen atoms in total. The van der Waals surface area contributed by atoms with Gasteiger partial charge in [0.25, 0.3) is 5.91 Å². The van der Waals surface area contributed by atoms with Crippen LogP contribution in [-0.2, 0) is 31.2 Å². The number of amides is 2. The van der Waals surface area contributed by atoms with Gasteiger partial charge in [0.05, 0.1) is 17.9 Å². The third-order valence-corrected chi connectivity index (χ3v) is 6.43. The van der Waals surface area contributed by atoms with Crippen LogP contribution in [0, 0.1) is 13.8 Å². The van der Waals surface area contributed by atoms with Crippen molar-refractivity contribution in [2.24, 2.45) is 7.05 Å². The van der Waals surface area contributed by atoms with Crippen LogP contribution in [0.4, 0.5) is 5.82 Å². The Morgan fingerprint density at radius 1 is 1.03 bits per heavy atom. The van der Waals surface area contributed by atoms with E-state index in [0.717, 1.165) is 45.8 Å². The van der Waals surface area contributed by atoms with Crippen molar-refractivity contribution < 1.29 is 9.59 Å². The van der Waals surface area contributed by atoms with Crippen molar-refractivity contribution in [3.8, 4) is 11.3 Å². The molecule has 3 aromatic rings. The summed E-state index contributed by atoms with van der Waals surface area (Å²) in [6.07, 6.45) is 2.01. The minimum atomic E-state index is -0.0413. The summed E-state index contributed by atoms with van der Waals surface area (Å²) in [5, 5.41) is 7.39. The molecule has 0 saturated carbocycles. The molecule has 0 radical (unpaired) electrons. The number of anilines is 1. The number of aromatic nitrogens is 3. The van der Waals surface area contributed by atoms with Crippen LogP contribution in [0.1, 0.15) is 44.9 Å². The first-order valence-electron chi connectivity index (χ1n) is 10.6. The van der Waals surface area contributed by atoms with Crippen molar-refractivity contribution in [3.05, 3.63) is 64.0 Å². The minimum Gasteiger partial charge on any atom is -0.352 e. The Hall–Kier alpha value is -3.48. The van der Waals surface area contributed by atoms with E-state index in [4.69, 9.17) is 4.98 Å². The van der Waals surface area contributed by atoms with Crippen LogP contribution in [0.2, 0.25) is 0 Å². The SMILES string of the molecule is Cc1nn(C)c(C)c1CN1C(=O)CCc2ccc(-c3ccc4c(c3)C(=O)NCC4)nc21. The first-order chi connectivity index (χ1) is 14.9. The molecule has 158 valence electrons. The molecule has 31 heavy (non-hydrogen) atoms. The van der Waals surface area contributed by atoms with Gasteiger partial charge in [0.1, 0.15) is 5.82 Å². The lowest BCUT2D eigenvalue weighted by molar-refractivity contribution is -0.119. The first kappa shape index (κ1) is 19.5. The highest BCUT2D eigenvalue weighted by Crippen LogP contribution is 2.32. The van der Waals surface area contributed by atoms with Crippen LogP contribution < -0.4 is 10.2 Å². The number of benzene rings is 1. The zero-order valence-corrected chi connectivity index (χ0v) is 18.0. The van der Waals surface area contributed by atoms with Crippen LogP contribution >= 0.6 is 0 Å². The number of pyridine rings is 1. The van der Waals surface area contributed by atoms with Crippen molar-refractivity contribution in [1.29, 1.82) is 0 Å². The summed E-state index contributed by atoms with van der Waals surface area (Å²) >= 11 is 0. The molecule has 0 saturated heterocycles. The molecule has 1 N–H and O–H groups in total. The number of aryl methyl sites for hydroxylation is 3. The number of hydrogen-bond donors (Lipinski definition) is 1. The molecule has 2 aliphatic heterocycles. The molecule has 2 amide bonds. The Balaban J connectivity index is 1.55. The Kier molecular flexibility index (Phi) is 4.61. The van der Waals surface area contributed by atoms with Crippen molar-refractivity contribution in [2.45, 2.75) is 39.7 Å². The predicted octanol–water partition coefficient (Wildman–Crippen LogP) is 2.86. The van der Waals surface area contributed by atoms with E-state index in [-0.39, 0.29) is 11.8 Å². The van der Waals surface area contributed by atoms with E-state index in [1.54, 1.807) is 4.90 Å². The van der Waals surface area contributed by atoms with Crippen molar-refractivity contribution in [2.75, 3.05) is 11.4 Å². The van der Waals surface area contributed by atoms with Gasteiger partial charge in [-0.05, 0) is 49.9 Å². The fourth-order valence-electron chi connectivity index (χ4n) is 4.50. The third-order valence-electron chi connectivity index (χ3n) is 6.43. The zero-order chi connectivity index (χ0) is 21.7. The number of fused-ring (bicyclic) bond motifs is 2. The molecule has 7 heteroatoms. The molecular weight excluding hydrogens is 390 g/mol. The van der Waals surface area contributed by atoms with Crippen LogP contribution in [0.15, 0.2) is 30.3 Å². The number of carbonyl (C=O) groups excluding carboxylic acids is 2. The number of rotatable bonds is 3. The lowest BCUT2D eigenvalue weighted by Crippen LogP contribution is -2.35. The average molecular weight is 415 g/mol. The van der Waals surface area contributed by atoms with Gasteiger partial charge >= 0.3 is 0 Å². The molecule has 2 aromatic heterocycles.